The Morgan fingerprint density at radius 1 is 1.24 bits per heavy atom. The predicted molar refractivity (Wildman–Crippen MR) is 121 cm³/mol. The molecule has 176 valence electrons. The molecule has 2 amide bonds. The Kier molecular flexibility index (Phi) is 6.50. The van der Waals surface area contributed by atoms with Crippen molar-refractivity contribution in [2.45, 2.75) is 19.4 Å². The van der Waals surface area contributed by atoms with Gasteiger partial charge in [0.2, 0.25) is 5.91 Å². The maximum atomic E-state index is 14.9. The summed E-state index contributed by atoms with van der Waals surface area (Å²) in [5.41, 5.74) is 1.26. The van der Waals surface area contributed by atoms with Crippen LogP contribution >= 0.6 is 0 Å². The zero-order chi connectivity index (χ0) is 23.6. The largest absolute Gasteiger partial charge is 0.442 e. The number of rotatable bonds is 6. The summed E-state index contributed by atoms with van der Waals surface area (Å²) >= 11 is 0. The van der Waals surface area contributed by atoms with E-state index in [1.54, 1.807) is 37.4 Å². The molecular formula is C22H25FN4O5S. The molecule has 0 saturated carbocycles. The molecule has 2 aliphatic heterocycles. The van der Waals surface area contributed by atoms with E-state index in [2.05, 4.69) is 10.3 Å². The van der Waals surface area contributed by atoms with Crippen LogP contribution in [-0.4, -0.2) is 69.2 Å². The average Bonchev–Trinajstić information content (AvgIpc) is 3.18. The first-order valence-electron chi connectivity index (χ1n) is 10.7. The maximum Gasteiger partial charge on any atom is 0.414 e. The molecule has 2 aromatic rings. The second-order valence-corrected chi connectivity index (χ2v) is 10.3. The van der Waals surface area contributed by atoms with Gasteiger partial charge in [0.1, 0.15) is 17.7 Å². The number of ether oxygens (including phenoxy) is 1. The molecule has 0 unspecified atom stereocenters. The predicted octanol–water partition coefficient (Wildman–Crippen LogP) is 1.97. The number of cyclic esters (lactones) is 1. The Hall–Kier alpha value is -3.21. The molecule has 3 heterocycles. The molecule has 1 atom stereocenters. The van der Waals surface area contributed by atoms with E-state index in [1.165, 1.54) is 11.0 Å². The summed E-state index contributed by atoms with van der Waals surface area (Å²) in [6, 6.07) is 7.96. The molecule has 2 fully saturated rings. The molecule has 1 N–H and O–H groups in total. The molecule has 33 heavy (non-hydrogen) atoms. The summed E-state index contributed by atoms with van der Waals surface area (Å²) in [7, 11) is -2.98. The van der Waals surface area contributed by atoms with Gasteiger partial charge in [-0.15, -0.1) is 0 Å². The number of halogens is 1. The smallest absolute Gasteiger partial charge is 0.414 e. The molecule has 0 radical (unpaired) electrons. The number of aromatic nitrogens is 1. The van der Waals surface area contributed by atoms with Gasteiger partial charge in [0.05, 0.1) is 30.3 Å². The van der Waals surface area contributed by atoms with Crippen molar-refractivity contribution in [3.63, 3.8) is 0 Å². The fourth-order valence-electron chi connectivity index (χ4n) is 3.77. The molecule has 0 spiro atoms. The summed E-state index contributed by atoms with van der Waals surface area (Å²) in [6.07, 6.45) is 0.796. The first kappa shape index (κ1) is 23.0. The van der Waals surface area contributed by atoms with Gasteiger partial charge in [-0.1, -0.05) is 6.92 Å². The van der Waals surface area contributed by atoms with E-state index in [0.29, 0.717) is 42.1 Å². The Labute approximate surface area is 191 Å². The minimum atomic E-state index is -2.98. The van der Waals surface area contributed by atoms with E-state index in [0.717, 1.165) is 0 Å². The highest BCUT2D eigenvalue weighted by molar-refractivity contribution is 7.91. The molecule has 2 saturated heterocycles. The highest BCUT2D eigenvalue weighted by Gasteiger charge is 2.33. The molecule has 1 aromatic carbocycles. The normalized spacial score (nSPS) is 19.9. The maximum absolute atomic E-state index is 14.9. The van der Waals surface area contributed by atoms with Crippen LogP contribution in [0.25, 0.3) is 11.1 Å². The molecule has 0 bridgehead atoms. The molecule has 4 rings (SSSR count). The molecule has 9 nitrogen and oxygen atoms in total. The van der Waals surface area contributed by atoms with Crippen molar-refractivity contribution in [2.24, 2.45) is 0 Å². The Morgan fingerprint density at radius 2 is 2.00 bits per heavy atom. The number of benzene rings is 1. The summed E-state index contributed by atoms with van der Waals surface area (Å²) in [5, 5.41) is 2.68. The van der Waals surface area contributed by atoms with Crippen molar-refractivity contribution in [3.8, 4) is 11.1 Å². The van der Waals surface area contributed by atoms with Gasteiger partial charge in [0.25, 0.3) is 0 Å². The van der Waals surface area contributed by atoms with Gasteiger partial charge in [-0.25, -0.2) is 22.6 Å². The minimum Gasteiger partial charge on any atom is -0.442 e. The Balaban J connectivity index is 1.43. The molecule has 0 aliphatic carbocycles. The molecule has 1 aromatic heterocycles. The number of sulfone groups is 1. The quantitative estimate of drug-likeness (QED) is 0.679. The zero-order valence-electron chi connectivity index (χ0n) is 18.2. The van der Waals surface area contributed by atoms with Crippen molar-refractivity contribution < 1.29 is 27.1 Å². The van der Waals surface area contributed by atoms with Gasteiger partial charge in [-0.2, -0.15) is 0 Å². The van der Waals surface area contributed by atoms with Gasteiger partial charge in [0, 0.05) is 36.8 Å². The third-order valence-corrected chi connectivity index (χ3v) is 7.32. The number of anilines is 2. The lowest BCUT2D eigenvalue weighted by Crippen LogP contribution is -2.40. The van der Waals surface area contributed by atoms with E-state index < -0.39 is 27.9 Å². The second kappa shape index (κ2) is 9.34. The van der Waals surface area contributed by atoms with Crippen molar-refractivity contribution in [1.29, 1.82) is 0 Å². The number of pyridine rings is 1. The second-order valence-electron chi connectivity index (χ2n) is 7.98. The van der Waals surface area contributed by atoms with Gasteiger partial charge in [0.15, 0.2) is 9.84 Å². The molecule has 11 heteroatoms. The van der Waals surface area contributed by atoms with Gasteiger partial charge in [-0.05, 0) is 30.3 Å². The Bertz CT molecular complexity index is 1140. The van der Waals surface area contributed by atoms with E-state index in [9.17, 15) is 22.4 Å². The standard InChI is InChI=1S/C22H25FN4O5S/c1-2-21(28)25-13-17-14-27(22(29)32-17)16-4-5-18(19(23)11-16)15-3-6-20(24-12-15)26-7-9-33(30,31)10-8-26/h3-6,11-12,17H,2,7-10,13-14H2,1H3,(H,25,28)/t17-/m0/s1. The van der Waals surface area contributed by atoms with Gasteiger partial charge < -0.3 is 15.0 Å². The summed E-state index contributed by atoms with van der Waals surface area (Å²) < 4.78 is 43.4. The van der Waals surface area contributed by atoms with Crippen LogP contribution in [0, 0.1) is 5.82 Å². The lowest BCUT2D eigenvalue weighted by Gasteiger charge is -2.27. The van der Waals surface area contributed by atoms with Crippen molar-refractivity contribution in [3.05, 3.63) is 42.3 Å². The third kappa shape index (κ3) is 5.24. The van der Waals surface area contributed by atoms with Crippen LogP contribution in [0.15, 0.2) is 36.5 Å². The number of amides is 2. The van der Waals surface area contributed by atoms with E-state index in [4.69, 9.17) is 4.74 Å². The first-order chi connectivity index (χ1) is 15.8. The minimum absolute atomic E-state index is 0.0945. The highest BCUT2D eigenvalue weighted by Crippen LogP contribution is 2.29. The van der Waals surface area contributed by atoms with Crippen LogP contribution in [0.1, 0.15) is 13.3 Å². The van der Waals surface area contributed by atoms with Crippen LogP contribution in [0.4, 0.5) is 20.7 Å². The zero-order valence-corrected chi connectivity index (χ0v) is 19.0. The number of carbonyl (C=O) groups excluding carboxylic acids is 2. The van der Waals surface area contributed by atoms with Crippen molar-refractivity contribution >= 4 is 33.3 Å². The van der Waals surface area contributed by atoms with E-state index >= 15 is 0 Å². The van der Waals surface area contributed by atoms with Crippen LogP contribution in [0.2, 0.25) is 0 Å². The van der Waals surface area contributed by atoms with E-state index in [1.807, 2.05) is 4.90 Å². The lowest BCUT2D eigenvalue weighted by atomic mass is 10.1. The number of carbonyl (C=O) groups is 2. The summed E-state index contributed by atoms with van der Waals surface area (Å²) in [4.78, 5) is 31.2. The van der Waals surface area contributed by atoms with Gasteiger partial charge >= 0.3 is 6.09 Å². The van der Waals surface area contributed by atoms with Crippen LogP contribution < -0.4 is 15.1 Å². The van der Waals surface area contributed by atoms with Gasteiger partial charge in [-0.3, -0.25) is 9.69 Å². The summed E-state index contributed by atoms with van der Waals surface area (Å²) in [5.74, 6) is 0.187. The Morgan fingerprint density at radius 3 is 2.64 bits per heavy atom. The molecule has 2 aliphatic rings. The number of nitrogens with one attached hydrogen (secondary N) is 1. The third-order valence-electron chi connectivity index (χ3n) is 5.71. The molecular weight excluding hydrogens is 451 g/mol. The average molecular weight is 477 g/mol. The topological polar surface area (TPSA) is 109 Å². The number of nitrogens with zero attached hydrogens (tertiary/aromatic N) is 3. The van der Waals surface area contributed by atoms with Crippen LogP contribution in [0.5, 0.6) is 0 Å². The number of hydrogen-bond acceptors (Lipinski definition) is 7. The van der Waals surface area contributed by atoms with E-state index in [-0.39, 0.29) is 30.5 Å². The van der Waals surface area contributed by atoms with Crippen LogP contribution in [0.3, 0.4) is 0 Å². The summed E-state index contributed by atoms with van der Waals surface area (Å²) in [6.45, 7) is 2.91. The fourth-order valence-corrected chi connectivity index (χ4v) is 4.97. The SMILES string of the molecule is CCC(=O)NC[C@H]1CN(c2ccc(-c3ccc(N4CCS(=O)(=O)CC4)nc3)c(F)c2)C(=O)O1. The fraction of sp³-hybridized carbons (Fsp3) is 0.409. The van der Waals surface area contributed by atoms with Crippen molar-refractivity contribution in [1.82, 2.24) is 10.3 Å². The number of hydrogen-bond donors (Lipinski definition) is 1. The monoisotopic (exact) mass is 476 g/mol. The highest BCUT2D eigenvalue weighted by atomic mass is 32.2. The van der Waals surface area contributed by atoms with Crippen molar-refractivity contribution in [2.75, 3.05) is 47.5 Å². The van der Waals surface area contributed by atoms with Crippen LogP contribution in [-0.2, 0) is 19.4 Å². The lowest BCUT2D eigenvalue weighted by molar-refractivity contribution is -0.121. The first-order valence-corrected chi connectivity index (χ1v) is 12.5.